The van der Waals surface area contributed by atoms with Crippen LogP contribution >= 0.6 is 31.9 Å². The fourth-order valence-electron chi connectivity index (χ4n) is 1.97. The van der Waals surface area contributed by atoms with Gasteiger partial charge in [0.15, 0.2) is 0 Å². The molecule has 1 aromatic carbocycles. The summed E-state index contributed by atoms with van der Waals surface area (Å²) >= 11 is 6.58. The molecule has 0 aromatic heterocycles. The molecule has 1 unspecified atom stereocenters. The van der Waals surface area contributed by atoms with Crippen LogP contribution in [0.5, 0.6) is 0 Å². The van der Waals surface area contributed by atoms with E-state index in [-0.39, 0.29) is 6.10 Å². The zero-order valence-corrected chi connectivity index (χ0v) is 13.1. The van der Waals surface area contributed by atoms with Gasteiger partial charge in [0.25, 0.3) is 0 Å². The average molecular weight is 403 g/mol. The van der Waals surface area contributed by atoms with E-state index in [4.69, 9.17) is 4.74 Å². The summed E-state index contributed by atoms with van der Waals surface area (Å²) in [5.74, 6) is 0. The Bertz CT molecular complexity index is 453. The summed E-state index contributed by atoms with van der Waals surface area (Å²) in [4.78, 5) is 2.03. The molecule has 2 rings (SSSR count). The fourth-order valence-corrected chi connectivity index (χ4v) is 2.99. The maximum absolute atomic E-state index is 12.6. The van der Waals surface area contributed by atoms with Crippen LogP contribution in [0.3, 0.4) is 0 Å². The molecule has 0 amide bonds. The Hall–Kier alpha value is -0.270. The summed E-state index contributed by atoms with van der Waals surface area (Å²) in [7, 11) is 0. The molecule has 1 aromatic rings. The molecule has 0 aliphatic carbocycles. The fraction of sp³-hybridized carbons (Fsp3) is 0.500. The van der Waals surface area contributed by atoms with Crippen LogP contribution in [-0.4, -0.2) is 31.1 Å². The highest BCUT2D eigenvalue weighted by molar-refractivity contribution is 9.10. The number of morpholine rings is 1. The van der Waals surface area contributed by atoms with Gasteiger partial charge in [-0.05, 0) is 34.1 Å². The lowest BCUT2D eigenvalue weighted by atomic mass is 10.1. The summed E-state index contributed by atoms with van der Waals surface area (Å²) in [5.41, 5.74) is 0.121. The summed E-state index contributed by atoms with van der Waals surface area (Å²) in [6.45, 7) is 1.91. The molecule has 1 atom stereocenters. The van der Waals surface area contributed by atoms with Crippen LogP contribution in [0.2, 0.25) is 0 Å². The topological polar surface area (TPSA) is 12.5 Å². The van der Waals surface area contributed by atoms with Crippen LogP contribution in [0.25, 0.3) is 0 Å². The number of hydrogen-bond acceptors (Lipinski definition) is 2. The Morgan fingerprint density at radius 1 is 1.37 bits per heavy atom. The van der Waals surface area contributed by atoms with Gasteiger partial charge in [0.05, 0.1) is 24.0 Å². The van der Waals surface area contributed by atoms with E-state index in [1.165, 1.54) is 6.07 Å². The minimum atomic E-state index is -4.32. The van der Waals surface area contributed by atoms with E-state index in [1.54, 1.807) is 0 Å². The molecule has 0 saturated carbocycles. The van der Waals surface area contributed by atoms with E-state index in [2.05, 4.69) is 31.9 Å². The van der Waals surface area contributed by atoms with Crippen LogP contribution in [0.1, 0.15) is 5.56 Å². The number of alkyl halides is 4. The second-order valence-corrected chi connectivity index (χ2v) is 5.76. The normalized spacial score (nSPS) is 20.7. The lowest BCUT2D eigenvalue weighted by Crippen LogP contribution is -2.43. The minimum Gasteiger partial charge on any atom is -0.374 e. The summed E-state index contributed by atoms with van der Waals surface area (Å²) < 4.78 is 43.8. The van der Waals surface area contributed by atoms with Gasteiger partial charge in [0, 0.05) is 22.9 Å². The van der Waals surface area contributed by atoms with Crippen molar-refractivity contribution in [3.63, 3.8) is 0 Å². The first-order valence-corrected chi connectivity index (χ1v) is 7.62. The number of benzene rings is 1. The Kier molecular flexibility index (Phi) is 4.79. The standard InChI is InChI=1S/C12H12Br2F3NO/c13-6-9-7-18(3-4-19-9)11-2-1-8(5-10(11)14)12(15,16)17/h1-2,5,9H,3-4,6-7H2. The molecule has 1 aliphatic rings. The third-order valence-electron chi connectivity index (χ3n) is 2.93. The van der Waals surface area contributed by atoms with Crippen molar-refractivity contribution >= 4 is 37.5 Å². The molecule has 0 radical (unpaired) electrons. The Morgan fingerprint density at radius 3 is 2.68 bits per heavy atom. The van der Waals surface area contributed by atoms with E-state index >= 15 is 0 Å². The predicted octanol–water partition coefficient (Wildman–Crippen LogP) is 4.07. The van der Waals surface area contributed by atoms with Crippen molar-refractivity contribution in [3.05, 3.63) is 28.2 Å². The second kappa shape index (κ2) is 6.01. The van der Waals surface area contributed by atoms with Crippen LogP contribution in [0.15, 0.2) is 22.7 Å². The smallest absolute Gasteiger partial charge is 0.374 e. The first-order chi connectivity index (χ1) is 8.91. The highest BCUT2D eigenvalue weighted by Gasteiger charge is 2.31. The SMILES string of the molecule is FC(F)(F)c1ccc(N2CCOC(CBr)C2)c(Br)c1. The summed E-state index contributed by atoms with van der Waals surface area (Å²) in [5, 5.41) is 0.710. The Balaban J connectivity index is 2.21. The average Bonchev–Trinajstić information content (AvgIpc) is 2.37. The highest BCUT2D eigenvalue weighted by Crippen LogP contribution is 2.35. The lowest BCUT2D eigenvalue weighted by Gasteiger charge is -2.34. The van der Waals surface area contributed by atoms with Gasteiger partial charge in [-0.3, -0.25) is 0 Å². The summed E-state index contributed by atoms with van der Waals surface area (Å²) in [6.07, 6.45) is -4.26. The van der Waals surface area contributed by atoms with Gasteiger partial charge in [-0.15, -0.1) is 0 Å². The molecular formula is C12H12Br2F3NO. The van der Waals surface area contributed by atoms with E-state index < -0.39 is 11.7 Å². The first kappa shape index (κ1) is 15.1. The Morgan fingerprint density at radius 2 is 2.11 bits per heavy atom. The van der Waals surface area contributed by atoms with Gasteiger partial charge in [0.2, 0.25) is 0 Å². The van der Waals surface area contributed by atoms with Crippen molar-refractivity contribution in [2.75, 3.05) is 29.9 Å². The number of ether oxygens (including phenoxy) is 1. The number of nitrogens with zero attached hydrogens (tertiary/aromatic N) is 1. The molecule has 1 fully saturated rings. The molecular weight excluding hydrogens is 391 g/mol. The van der Waals surface area contributed by atoms with E-state index in [0.29, 0.717) is 29.5 Å². The second-order valence-electron chi connectivity index (χ2n) is 4.26. The van der Waals surface area contributed by atoms with Gasteiger partial charge < -0.3 is 9.64 Å². The highest BCUT2D eigenvalue weighted by atomic mass is 79.9. The molecule has 1 saturated heterocycles. The predicted molar refractivity (Wildman–Crippen MR) is 74.9 cm³/mol. The third-order valence-corrected chi connectivity index (χ3v) is 4.28. The molecule has 7 heteroatoms. The van der Waals surface area contributed by atoms with Crippen LogP contribution in [-0.2, 0) is 10.9 Å². The van der Waals surface area contributed by atoms with Crippen molar-refractivity contribution < 1.29 is 17.9 Å². The van der Waals surface area contributed by atoms with Gasteiger partial charge >= 0.3 is 6.18 Å². The van der Waals surface area contributed by atoms with E-state index in [9.17, 15) is 13.2 Å². The first-order valence-electron chi connectivity index (χ1n) is 5.71. The van der Waals surface area contributed by atoms with E-state index in [1.807, 2.05) is 4.90 Å². The van der Waals surface area contributed by atoms with Crippen LogP contribution < -0.4 is 4.90 Å². The molecule has 0 N–H and O–H groups in total. The maximum atomic E-state index is 12.6. The van der Waals surface area contributed by atoms with Crippen molar-refractivity contribution in [3.8, 4) is 0 Å². The lowest BCUT2D eigenvalue weighted by molar-refractivity contribution is -0.137. The van der Waals surface area contributed by atoms with Crippen LogP contribution in [0.4, 0.5) is 18.9 Å². The zero-order valence-electron chi connectivity index (χ0n) is 9.88. The van der Waals surface area contributed by atoms with Crippen molar-refractivity contribution in [1.82, 2.24) is 0 Å². The molecule has 1 heterocycles. The Labute approximate surface area is 126 Å². The molecule has 0 bridgehead atoms. The zero-order chi connectivity index (χ0) is 14.0. The van der Waals surface area contributed by atoms with Crippen molar-refractivity contribution in [2.45, 2.75) is 12.3 Å². The third kappa shape index (κ3) is 3.64. The van der Waals surface area contributed by atoms with E-state index in [0.717, 1.165) is 17.8 Å². The van der Waals surface area contributed by atoms with Crippen LogP contribution in [0, 0.1) is 0 Å². The number of anilines is 1. The largest absolute Gasteiger partial charge is 0.416 e. The maximum Gasteiger partial charge on any atom is 0.416 e. The number of rotatable bonds is 2. The molecule has 106 valence electrons. The molecule has 0 spiro atoms. The number of halogens is 5. The molecule has 2 nitrogen and oxygen atoms in total. The number of hydrogen-bond donors (Lipinski definition) is 0. The van der Waals surface area contributed by atoms with Crippen molar-refractivity contribution in [2.24, 2.45) is 0 Å². The quantitative estimate of drug-likeness (QED) is 0.691. The van der Waals surface area contributed by atoms with Gasteiger partial charge in [-0.25, -0.2) is 0 Å². The van der Waals surface area contributed by atoms with Gasteiger partial charge in [0.1, 0.15) is 0 Å². The summed E-state index contributed by atoms with van der Waals surface area (Å²) in [6, 6.07) is 3.73. The molecule has 19 heavy (non-hydrogen) atoms. The van der Waals surface area contributed by atoms with Gasteiger partial charge in [-0.1, -0.05) is 15.9 Å². The van der Waals surface area contributed by atoms with Crippen molar-refractivity contribution in [1.29, 1.82) is 0 Å². The van der Waals surface area contributed by atoms with Gasteiger partial charge in [-0.2, -0.15) is 13.2 Å². The molecule has 1 aliphatic heterocycles. The monoisotopic (exact) mass is 401 g/mol. The minimum absolute atomic E-state index is 0.0583.